The van der Waals surface area contributed by atoms with Crippen molar-refractivity contribution in [1.82, 2.24) is 0 Å². The van der Waals surface area contributed by atoms with Gasteiger partial charge >= 0.3 is 0 Å². The quantitative estimate of drug-likeness (QED) is 0.537. The van der Waals surface area contributed by atoms with E-state index < -0.39 is 0 Å². The molecule has 1 amide bonds. The summed E-state index contributed by atoms with van der Waals surface area (Å²) in [7, 11) is 0. The number of carbonyl (C=O) groups is 1. The van der Waals surface area contributed by atoms with E-state index in [0.717, 1.165) is 19.4 Å². The summed E-state index contributed by atoms with van der Waals surface area (Å²) in [6.45, 7) is 1.30. The SMILES string of the molecule is NC(=O)[C@H]1CCCOC1. The van der Waals surface area contributed by atoms with Crippen LogP contribution in [-0.2, 0) is 9.53 Å². The molecule has 0 aromatic heterocycles. The van der Waals surface area contributed by atoms with Gasteiger partial charge in [-0.15, -0.1) is 0 Å². The second-order valence-corrected chi connectivity index (χ2v) is 2.32. The minimum absolute atomic E-state index is 0.0289. The van der Waals surface area contributed by atoms with Crippen LogP contribution in [0.15, 0.2) is 0 Å². The highest BCUT2D eigenvalue weighted by Crippen LogP contribution is 2.11. The van der Waals surface area contributed by atoms with E-state index in [9.17, 15) is 4.79 Å². The van der Waals surface area contributed by atoms with Crippen molar-refractivity contribution in [3.63, 3.8) is 0 Å². The molecule has 0 spiro atoms. The molecule has 1 fully saturated rings. The van der Waals surface area contributed by atoms with Gasteiger partial charge in [-0.1, -0.05) is 0 Å². The Bertz CT molecular complexity index is 108. The van der Waals surface area contributed by atoms with Crippen LogP contribution < -0.4 is 5.73 Å². The van der Waals surface area contributed by atoms with E-state index in [2.05, 4.69) is 0 Å². The molecule has 0 saturated carbocycles. The molecule has 9 heavy (non-hydrogen) atoms. The zero-order chi connectivity index (χ0) is 6.69. The van der Waals surface area contributed by atoms with Crippen molar-refractivity contribution in [3.05, 3.63) is 0 Å². The van der Waals surface area contributed by atoms with Crippen LogP contribution >= 0.6 is 0 Å². The van der Waals surface area contributed by atoms with Crippen LogP contribution in [0.3, 0.4) is 0 Å². The molecule has 52 valence electrons. The molecule has 1 atom stereocenters. The van der Waals surface area contributed by atoms with Crippen LogP contribution in [-0.4, -0.2) is 19.1 Å². The molecule has 0 aromatic rings. The largest absolute Gasteiger partial charge is 0.381 e. The summed E-state index contributed by atoms with van der Waals surface area (Å²) in [5.74, 6) is -0.256. The first-order valence-corrected chi connectivity index (χ1v) is 3.18. The van der Waals surface area contributed by atoms with E-state index in [0.29, 0.717) is 6.61 Å². The summed E-state index contributed by atoms with van der Waals surface area (Å²) in [5.41, 5.74) is 5.05. The Morgan fingerprint density at radius 1 is 1.67 bits per heavy atom. The highest BCUT2D eigenvalue weighted by Gasteiger charge is 2.18. The van der Waals surface area contributed by atoms with Crippen LogP contribution in [0, 0.1) is 5.92 Å². The maximum absolute atomic E-state index is 10.5. The van der Waals surface area contributed by atoms with Gasteiger partial charge in [0.05, 0.1) is 12.5 Å². The lowest BCUT2D eigenvalue weighted by atomic mass is 10.0. The van der Waals surface area contributed by atoms with Gasteiger partial charge in [0.25, 0.3) is 0 Å². The molecular weight excluding hydrogens is 118 g/mol. The first-order valence-electron chi connectivity index (χ1n) is 3.18. The summed E-state index contributed by atoms with van der Waals surface area (Å²) >= 11 is 0. The average Bonchev–Trinajstić information content (AvgIpc) is 1.90. The second-order valence-electron chi connectivity index (χ2n) is 2.32. The minimum atomic E-state index is -0.227. The number of amides is 1. The van der Waals surface area contributed by atoms with Crippen LogP contribution in [0.4, 0.5) is 0 Å². The molecule has 1 aliphatic heterocycles. The Hall–Kier alpha value is -0.570. The smallest absolute Gasteiger partial charge is 0.222 e. The fourth-order valence-corrected chi connectivity index (χ4v) is 0.965. The maximum atomic E-state index is 10.5. The Kier molecular flexibility index (Phi) is 2.05. The third kappa shape index (κ3) is 1.68. The molecule has 1 saturated heterocycles. The Morgan fingerprint density at radius 3 is 2.78 bits per heavy atom. The lowest BCUT2D eigenvalue weighted by Gasteiger charge is -2.18. The van der Waals surface area contributed by atoms with Gasteiger partial charge in [0.15, 0.2) is 0 Å². The van der Waals surface area contributed by atoms with Crippen LogP contribution in [0.2, 0.25) is 0 Å². The number of hydrogen-bond acceptors (Lipinski definition) is 2. The fraction of sp³-hybridized carbons (Fsp3) is 0.833. The van der Waals surface area contributed by atoms with Gasteiger partial charge in [0.2, 0.25) is 5.91 Å². The number of nitrogens with two attached hydrogens (primary N) is 1. The molecule has 1 aliphatic rings. The summed E-state index contributed by atoms with van der Waals surface area (Å²) in [4.78, 5) is 10.5. The van der Waals surface area contributed by atoms with Crippen LogP contribution in [0.25, 0.3) is 0 Å². The second kappa shape index (κ2) is 2.82. The van der Waals surface area contributed by atoms with E-state index >= 15 is 0 Å². The number of ether oxygens (including phenoxy) is 1. The van der Waals surface area contributed by atoms with Crippen molar-refractivity contribution >= 4 is 5.91 Å². The first kappa shape index (κ1) is 6.55. The highest BCUT2D eigenvalue weighted by molar-refractivity contribution is 5.76. The predicted octanol–water partition coefficient (Wildman–Crippen LogP) is -0.102. The monoisotopic (exact) mass is 129 g/mol. The molecule has 0 aromatic carbocycles. The Morgan fingerprint density at radius 2 is 2.44 bits per heavy atom. The lowest BCUT2D eigenvalue weighted by Crippen LogP contribution is -2.30. The third-order valence-corrected chi connectivity index (χ3v) is 1.56. The van der Waals surface area contributed by atoms with Gasteiger partial charge in [-0.05, 0) is 12.8 Å². The Labute approximate surface area is 54.2 Å². The molecule has 1 rings (SSSR count). The molecule has 1 heterocycles. The van der Waals surface area contributed by atoms with E-state index in [-0.39, 0.29) is 11.8 Å². The molecule has 3 nitrogen and oxygen atoms in total. The minimum Gasteiger partial charge on any atom is -0.381 e. The van der Waals surface area contributed by atoms with Gasteiger partial charge in [-0.2, -0.15) is 0 Å². The molecular formula is C6H11NO2. The van der Waals surface area contributed by atoms with Gasteiger partial charge in [-0.3, -0.25) is 4.79 Å². The molecule has 0 aliphatic carbocycles. The fourth-order valence-electron chi connectivity index (χ4n) is 0.965. The predicted molar refractivity (Wildman–Crippen MR) is 32.7 cm³/mol. The van der Waals surface area contributed by atoms with Gasteiger partial charge in [-0.25, -0.2) is 0 Å². The van der Waals surface area contributed by atoms with Crippen LogP contribution in [0.1, 0.15) is 12.8 Å². The van der Waals surface area contributed by atoms with E-state index in [1.54, 1.807) is 0 Å². The van der Waals surface area contributed by atoms with Crippen molar-refractivity contribution in [1.29, 1.82) is 0 Å². The average molecular weight is 129 g/mol. The maximum Gasteiger partial charge on any atom is 0.222 e. The standard InChI is InChI=1S/C6H11NO2/c7-6(8)5-2-1-3-9-4-5/h5H,1-4H2,(H2,7,8)/t5-/m0/s1. The number of carbonyl (C=O) groups excluding carboxylic acids is 1. The van der Waals surface area contributed by atoms with Crippen molar-refractivity contribution in [2.24, 2.45) is 11.7 Å². The number of rotatable bonds is 1. The van der Waals surface area contributed by atoms with E-state index in [1.165, 1.54) is 0 Å². The normalized spacial score (nSPS) is 27.8. The molecule has 2 N–H and O–H groups in total. The lowest BCUT2D eigenvalue weighted by molar-refractivity contribution is -0.125. The summed E-state index contributed by atoms with van der Waals surface area (Å²) in [6, 6.07) is 0. The Balaban J connectivity index is 2.31. The van der Waals surface area contributed by atoms with E-state index in [1.807, 2.05) is 0 Å². The zero-order valence-corrected chi connectivity index (χ0v) is 5.30. The first-order chi connectivity index (χ1) is 4.30. The van der Waals surface area contributed by atoms with Crippen molar-refractivity contribution in [2.75, 3.05) is 13.2 Å². The number of hydrogen-bond donors (Lipinski definition) is 1. The van der Waals surface area contributed by atoms with Crippen molar-refractivity contribution < 1.29 is 9.53 Å². The molecule has 0 bridgehead atoms. The molecule has 3 heteroatoms. The third-order valence-electron chi connectivity index (χ3n) is 1.56. The van der Waals surface area contributed by atoms with Crippen LogP contribution in [0.5, 0.6) is 0 Å². The van der Waals surface area contributed by atoms with Crippen molar-refractivity contribution in [3.8, 4) is 0 Å². The molecule has 0 radical (unpaired) electrons. The van der Waals surface area contributed by atoms with Crippen molar-refractivity contribution in [2.45, 2.75) is 12.8 Å². The van der Waals surface area contributed by atoms with Gasteiger partial charge in [0, 0.05) is 6.61 Å². The highest BCUT2D eigenvalue weighted by atomic mass is 16.5. The summed E-state index contributed by atoms with van der Waals surface area (Å²) < 4.78 is 5.04. The summed E-state index contributed by atoms with van der Waals surface area (Å²) in [6.07, 6.45) is 1.86. The summed E-state index contributed by atoms with van der Waals surface area (Å²) in [5, 5.41) is 0. The topological polar surface area (TPSA) is 52.3 Å². The van der Waals surface area contributed by atoms with Gasteiger partial charge in [0.1, 0.15) is 0 Å². The zero-order valence-electron chi connectivity index (χ0n) is 5.30. The van der Waals surface area contributed by atoms with E-state index in [4.69, 9.17) is 10.5 Å². The number of primary amides is 1. The van der Waals surface area contributed by atoms with Gasteiger partial charge < -0.3 is 10.5 Å². The molecule has 0 unspecified atom stereocenters.